The Morgan fingerprint density at radius 3 is 2.77 bits per heavy atom. The highest BCUT2D eigenvalue weighted by atomic mass is 35.5. The summed E-state index contributed by atoms with van der Waals surface area (Å²) >= 11 is 11.7. The van der Waals surface area contributed by atoms with Gasteiger partial charge in [0.05, 0.1) is 16.6 Å². The first-order valence-electron chi connectivity index (χ1n) is 7.20. The molecule has 1 atom stereocenters. The number of nitrogens with zero attached hydrogens (tertiary/aromatic N) is 1. The quantitative estimate of drug-likeness (QED) is 0.858. The molecule has 22 heavy (non-hydrogen) atoms. The first kappa shape index (κ1) is 17.1. The third-order valence-electron chi connectivity index (χ3n) is 3.72. The molecule has 0 aliphatic carbocycles. The van der Waals surface area contributed by atoms with Gasteiger partial charge < -0.3 is 15.5 Å². The topological polar surface area (TPSA) is 61.4 Å². The van der Waals surface area contributed by atoms with Crippen LogP contribution in [0, 0.1) is 0 Å². The van der Waals surface area contributed by atoms with Gasteiger partial charge in [0.1, 0.15) is 0 Å². The molecule has 2 N–H and O–H groups in total. The molecule has 1 aromatic rings. The number of hydrogen-bond donors (Lipinski definition) is 2. The smallest absolute Gasteiger partial charge is 0.251 e. The van der Waals surface area contributed by atoms with Crippen LogP contribution in [0.1, 0.15) is 23.2 Å². The first-order valence-corrected chi connectivity index (χ1v) is 7.96. The fourth-order valence-corrected chi connectivity index (χ4v) is 2.91. The minimum absolute atomic E-state index is 0.0146. The molecule has 1 saturated heterocycles. The van der Waals surface area contributed by atoms with Gasteiger partial charge in [0, 0.05) is 24.7 Å². The fourth-order valence-electron chi connectivity index (χ4n) is 2.61. The summed E-state index contributed by atoms with van der Waals surface area (Å²) in [6, 6.07) is 4.83. The molecule has 1 unspecified atom stereocenters. The minimum atomic E-state index is -0.337. The van der Waals surface area contributed by atoms with Crippen LogP contribution < -0.4 is 10.6 Å². The number of nitrogens with one attached hydrogen (secondary N) is 2. The Morgan fingerprint density at radius 2 is 2.09 bits per heavy atom. The van der Waals surface area contributed by atoms with Crippen molar-refractivity contribution in [1.29, 1.82) is 0 Å². The number of hydrogen-bond acceptors (Lipinski definition) is 3. The lowest BCUT2D eigenvalue weighted by molar-refractivity contribution is -0.130. The van der Waals surface area contributed by atoms with Crippen LogP contribution >= 0.6 is 23.2 Å². The lowest BCUT2D eigenvalue weighted by Gasteiger charge is -2.24. The summed E-state index contributed by atoms with van der Waals surface area (Å²) in [6.07, 6.45) is 1.99. The summed E-state index contributed by atoms with van der Waals surface area (Å²) in [6.45, 7) is 1.50. The van der Waals surface area contributed by atoms with Crippen molar-refractivity contribution >= 4 is 35.0 Å². The highest BCUT2D eigenvalue weighted by molar-refractivity contribution is 6.42. The number of rotatable bonds is 5. The molecule has 0 radical (unpaired) electrons. The monoisotopic (exact) mass is 343 g/mol. The maximum absolute atomic E-state index is 12.2. The molecule has 120 valence electrons. The van der Waals surface area contributed by atoms with Gasteiger partial charge in [-0.05, 0) is 38.1 Å². The van der Waals surface area contributed by atoms with Crippen molar-refractivity contribution in [3.63, 3.8) is 0 Å². The van der Waals surface area contributed by atoms with Crippen molar-refractivity contribution in [3.8, 4) is 0 Å². The normalized spacial score (nSPS) is 17.6. The standard InChI is InChI=1S/C15H19Cl2N3O2/c1-18-8-11-3-2-6-20(11)14(21)9-19-15(22)10-4-5-12(16)13(17)7-10/h4-5,7,11,18H,2-3,6,8-9H2,1H3,(H,19,22). The molecule has 0 spiro atoms. The summed E-state index contributed by atoms with van der Waals surface area (Å²) in [4.78, 5) is 26.1. The second kappa shape index (κ2) is 7.81. The average molecular weight is 344 g/mol. The third kappa shape index (κ3) is 4.12. The molecule has 5 nitrogen and oxygen atoms in total. The Hall–Kier alpha value is -1.30. The molecule has 2 rings (SSSR count). The van der Waals surface area contributed by atoms with Crippen LogP contribution in [0.3, 0.4) is 0 Å². The van der Waals surface area contributed by atoms with E-state index < -0.39 is 0 Å². The summed E-state index contributed by atoms with van der Waals surface area (Å²) in [5.74, 6) is -0.401. The van der Waals surface area contributed by atoms with Crippen LogP contribution in [-0.2, 0) is 4.79 Å². The van der Waals surface area contributed by atoms with Gasteiger partial charge in [0.15, 0.2) is 0 Å². The Kier molecular flexibility index (Phi) is 6.06. The van der Waals surface area contributed by atoms with E-state index in [1.54, 1.807) is 12.1 Å². The molecule has 0 aromatic heterocycles. The maximum atomic E-state index is 12.2. The van der Waals surface area contributed by atoms with Gasteiger partial charge in [-0.15, -0.1) is 0 Å². The van der Waals surface area contributed by atoms with Crippen molar-refractivity contribution in [2.45, 2.75) is 18.9 Å². The Balaban J connectivity index is 1.90. The number of amides is 2. The second-order valence-electron chi connectivity index (χ2n) is 5.25. The van der Waals surface area contributed by atoms with Crippen LogP contribution in [0.4, 0.5) is 0 Å². The highest BCUT2D eigenvalue weighted by Gasteiger charge is 2.27. The van der Waals surface area contributed by atoms with Crippen LogP contribution in [0.25, 0.3) is 0 Å². The predicted octanol–water partition coefficient (Wildman–Crippen LogP) is 1.93. The van der Waals surface area contributed by atoms with Crippen LogP contribution in [0.2, 0.25) is 10.0 Å². The summed E-state index contributed by atoms with van der Waals surface area (Å²) in [5.41, 5.74) is 0.385. The molecule has 1 aromatic carbocycles. The minimum Gasteiger partial charge on any atom is -0.343 e. The van der Waals surface area contributed by atoms with Crippen molar-refractivity contribution in [2.24, 2.45) is 0 Å². The van der Waals surface area contributed by atoms with Gasteiger partial charge in [-0.1, -0.05) is 23.2 Å². The number of halogens is 2. The first-order chi connectivity index (χ1) is 10.5. The molecule has 7 heteroatoms. The van der Waals surface area contributed by atoms with Crippen molar-refractivity contribution in [3.05, 3.63) is 33.8 Å². The number of carbonyl (C=O) groups excluding carboxylic acids is 2. The van der Waals surface area contributed by atoms with Crippen molar-refractivity contribution in [1.82, 2.24) is 15.5 Å². The van der Waals surface area contributed by atoms with Gasteiger partial charge in [-0.2, -0.15) is 0 Å². The van der Waals surface area contributed by atoms with E-state index in [4.69, 9.17) is 23.2 Å². The Labute approximate surface area is 139 Å². The summed E-state index contributed by atoms with van der Waals surface area (Å²) in [7, 11) is 1.87. The van der Waals surface area contributed by atoms with Gasteiger partial charge in [-0.3, -0.25) is 9.59 Å². The van der Waals surface area contributed by atoms with Crippen molar-refractivity contribution < 1.29 is 9.59 Å². The van der Waals surface area contributed by atoms with Crippen LogP contribution in [0.15, 0.2) is 18.2 Å². The molecular formula is C15H19Cl2N3O2. The van der Waals surface area contributed by atoms with Crippen molar-refractivity contribution in [2.75, 3.05) is 26.7 Å². The zero-order chi connectivity index (χ0) is 16.1. The molecule has 0 saturated carbocycles. The van der Waals surface area contributed by atoms with E-state index in [9.17, 15) is 9.59 Å². The largest absolute Gasteiger partial charge is 0.343 e. The molecule has 0 bridgehead atoms. The van der Waals surface area contributed by atoms with Crippen LogP contribution in [0.5, 0.6) is 0 Å². The SMILES string of the molecule is CNCC1CCCN1C(=O)CNC(=O)c1ccc(Cl)c(Cl)c1. The van der Waals surface area contributed by atoms with E-state index in [0.29, 0.717) is 15.6 Å². The molecule has 1 fully saturated rings. The van der Waals surface area contributed by atoms with Gasteiger partial charge in [-0.25, -0.2) is 0 Å². The van der Waals surface area contributed by atoms with E-state index in [1.165, 1.54) is 6.07 Å². The summed E-state index contributed by atoms with van der Waals surface area (Å²) in [5, 5.41) is 6.43. The second-order valence-corrected chi connectivity index (χ2v) is 6.07. The van der Waals surface area contributed by atoms with Crippen LogP contribution in [-0.4, -0.2) is 49.4 Å². The molecule has 1 heterocycles. The zero-order valence-electron chi connectivity index (χ0n) is 12.4. The van der Waals surface area contributed by atoms with E-state index in [2.05, 4.69) is 10.6 Å². The lowest BCUT2D eigenvalue weighted by atomic mass is 10.2. The maximum Gasteiger partial charge on any atom is 0.251 e. The van der Waals surface area contributed by atoms with E-state index in [1.807, 2.05) is 11.9 Å². The van der Waals surface area contributed by atoms with E-state index in [0.717, 1.165) is 25.9 Å². The van der Waals surface area contributed by atoms with Gasteiger partial charge >= 0.3 is 0 Å². The summed E-state index contributed by atoms with van der Waals surface area (Å²) < 4.78 is 0. The Morgan fingerprint density at radius 1 is 1.32 bits per heavy atom. The van der Waals surface area contributed by atoms with E-state index in [-0.39, 0.29) is 24.4 Å². The fraction of sp³-hybridized carbons (Fsp3) is 0.467. The highest BCUT2D eigenvalue weighted by Crippen LogP contribution is 2.22. The zero-order valence-corrected chi connectivity index (χ0v) is 13.9. The molecule has 1 aliphatic rings. The number of carbonyl (C=O) groups is 2. The average Bonchev–Trinajstić information content (AvgIpc) is 2.96. The van der Waals surface area contributed by atoms with E-state index >= 15 is 0 Å². The van der Waals surface area contributed by atoms with Gasteiger partial charge in [0.2, 0.25) is 5.91 Å². The lowest BCUT2D eigenvalue weighted by Crippen LogP contribution is -2.45. The molecule has 1 aliphatic heterocycles. The number of benzene rings is 1. The number of likely N-dealkylation sites (N-methyl/N-ethyl adjacent to an activating group) is 1. The predicted molar refractivity (Wildman–Crippen MR) is 87.5 cm³/mol. The van der Waals surface area contributed by atoms with Gasteiger partial charge in [0.25, 0.3) is 5.91 Å². The number of likely N-dealkylation sites (tertiary alicyclic amines) is 1. The molecular weight excluding hydrogens is 325 g/mol. The Bertz CT molecular complexity index is 566. The third-order valence-corrected chi connectivity index (χ3v) is 4.46. The molecule has 2 amide bonds.